The van der Waals surface area contributed by atoms with Crippen LogP contribution in [0.2, 0.25) is 5.02 Å². The standard InChI is InChI=1S/C17H19ClN2O4S/c1-12(13-6-4-8-15(18)10-13)19-17(21)14-7-5-9-16(11-14)25(22,23)20(2)24-3/h4-12H,1-3H3,(H,19,21). The lowest BCUT2D eigenvalue weighted by atomic mass is 10.1. The molecule has 2 rings (SSSR count). The number of carbonyl (C=O) groups is 1. The van der Waals surface area contributed by atoms with Gasteiger partial charge in [0.05, 0.1) is 18.0 Å². The molecular formula is C17H19ClN2O4S. The smallest absolute Gasteiger partial charge is 0.264 e. The molecule has 0 saturated carbocycles. The molecule has 134 valence electrons. The van der Waals surface area contributed by atoms with E-state index < -0.39 is 10.0 Å². The average molecular weight is 383 g/mol. The first kappa shape index (κ1) is 19.4. The second kappa shape index (κ2) is 7.97. The van der Waals surface area contributed by atoms with Crippen LogP contribution < -0.4 is 5.32 Å². The Morgan fingerprint density at radius 3 is 2.52 bits per heavy atom. The third kappa shape index (κ3) is 4.58. The van der Waals surface area contributed by atoms with Crippen LogP contribution in [0.25, 0.3) is 0 Å². The number of nitrogens with one attached hydrogen (secondary N) is 1. The van der Waals surface area contributed by atoms with Crippen LogP contribution >= 0.6 is 11.6 Å². The van der Waals surface area contributed by atoms with Crippen molar-refractivity contribution in [2.75, 3.05) is 14.2 Å². The number of hydroxylamine groups is 1. The van der Waals surface area contributed by atoms with Crippen LogP contribution in [-0.2, 0) is 14.9 Å². The highest BCUT2D eigenvalue weighted by atomic mass is 35.5. The molecule has 0 fully saturated rings. The summed E-state index contributed by atoms with van der Waals surface area (Å²) in [7, 11) is -1.29. The molecule has 0 radical (unpaired) electrons. The normalized spacial score (nSPS) is 12.8. The molecule has 0 aliphatic carbocycles. The van der Waals surface area contributed by atoms with Crippen molar-refractivity contribution in [3.63, 3.8) is 0 Å². The molecule has 25 heavy (non-hydrogen) atoms. The van der Waals surface area contributed by atoms with E-state index in [2.05, 4.69) is 5.32 Å². The zero-order chi connectivity index (χ0) is 18.6. The molecule has 0 aromatic heterocycles. The summed E-state index contributed by atoms with van der Waals surface area (Å²) >= 11 is 5.96. The van der Waals surface area contributed by atoms with Crippen molar-refractivity contribution >= 4 is 27.5 Å². The van der Waals surface area contributed by atoms with E-state index in [0.29, 0.717) is 5.02 Å². The van der Waals surface area contributed by atoms with Crippen LogP contribution in [-0.4, -0.2) is 33.0 Å². The molecule has 6 nitrogen and oxygen atoms in total. The molecule has 0 aliphatic heterocycles. The van der Waals surface area contributed by atoms with E-state index in [9.17, 15) is 13.2 Å². The fourth-order valence-electron chi connectivity index (χ4n) is 2.18. The zero-order valence-electron chi connectivity index (χ0n) is 14.1. The van der Waals surface area contributed by atoms with Crippen molar-refractivity contribution < 1.29 is 18.0 Å². The lowest BCUT2D eigenvalue weighted by Gasteiger charge is -2.16. The number of halogens is 1. The van der Waals surface area contributed by atoms with E-state index in [1.54, 1.807) is 24.3 Å². The highest BCUT2D eigenvalue weighted by molar-refractivity contribution is 7.89. The number of sulfonamides is 1. The summed E-state index contributed by atoms with van der Waals surface area (Å²) in [4.78, 5) is 17.2. The minimum atomic E-state index is -3.82. The Morgan fingerprint density at radius 2 is 1.88 bits per heavy atom. The predicted molar refractivity (Wildman–Crippen MR) is 95.7 cm³/mol. The maximum atomic E-state index is 12.4. The third-order valence-electron chi connectivity index (χ3n) is 3.69. The van der Waals surface area contributed by atoms with Gasteiger partial charge in [0.25, 0.3) is 15.9 Å². The number of hydrogen-bond acceptors (Lipinski definition) is 4. The SMILES string of the molecule is CON(C)S(=O)(=O)c1cccc(C(=O)NC(C)c2cccc(Cl)c2)c1. The number of amides is 1. The van der Waals surface area contributed by atoms with Gasteiger partial charge in [0.2, 0.25) is 0 Å². The Balaban J connectivity index is 2.22. The molecule has 0 aliphatic rings. The molecule has 1 atom stereocenters. The van der Waals surface area contributed by atoms with Crippen molar-refractivity contribution in [2.24, 2.45) is 0 Å². The Morgan fingerprint density at radius 1 is 1.20 bits per heavy atom. The first-order chi connectivity index (χ1) is 11.8. The van der Waals surface area contributed by atoms with Crippen molar-refractivity contribution in [1.29, 1.82) is 0 Å². The maximum absolute atomic E-state index is 12.4. The summed E-state index contributed by atoms with van der Waals surface area (Å²) in [6.45, 7) is 1.82. The van der Waals surface area contributed by atoms with Gasteiger partial charge >= 0.3 is 0 Å². The summed E-state index contributed by atoms with van der Waals surface area (Å²) in [5.74, 6) is -0.385. The average Bonchev–Trinajstić information content (AvgIpc) is 2.60. The molecule has 1 N–H and O–H groups in total. The highest BCUT2D eigenvalue weighted by Gasteiger charge is 2.22. The van der Waals surface area contributed by atoms with Crippen molar-refractivity contribution in [2.45, 2.75) is 17.9 Å². The van der Waals surface area contributed by atoms with E-state index in [-0.39, 0.29) is 22.4 Å². The lowest BCUT2D eigenvalue weighted by molar-refractivity contribution is -0.0258. The summed E-state index contributed by atoms with van der Waals surface area (Å²) < 4.78 is 25.3. The van der Waals surface area contributed by atoms with Gasteiger partial charge in [-0.05, 0) is 42.8 Å². The molecule has 0 saturated heterocycles. The number of nitrogens with zero attached hydrogens (tertiary/aromatic N) is 1. The van der Waals surface area contributed by atoms with Crippen molar-refractivity contribution in [1.82, 2.24) is 9.79 Å². The molecular weight excluding hydrogens is 364 g/mol. The summed E-state index contributed by atoms with van der Waals surface area (Å²) in [5, 5.41) is 3.40. The number of benzene rings is 2. The van der Waals surface area contributed by atoms with Crippen LogP contribution in [0.5, 0.6) is 0 Å². The molecule has 2 aromatic rings. The Kier molecular flexibility index (Phi) is 6.18. The van der Waals surface area contributed by atoms with Gasteiger partial charge in [0.1, 0.15) is 0 Å². The van der Waals surface area contributed by atoms with Gasteiger partial charge in [-0.15, -0.1) is 0 Å². The van der Waals surface area contributed by atoms with Gasteiger partial charge in [-0.1, -0.05) is 34.3 Å². The largest absolute Gasteiger partial charge is 0.346 e. The molecule has 1 unspecified atom stereocenters. The van der Waals surface area contributed by atoms with Crippen molar-refractivity contribution in [3.05, 3.63) is 64.7 Å². The van der Waals surface area contributed by atoms with Crippen LogP contribution in [0.15, 0.2) is 53.4 Å². The number of carbonyl (C=O) groups excluding carboxylic acids is 1. The van der Waals surface area contributed by atoms with Gasteiger partial charge in [0.15, 0.2) is 0 Å². The van der Waals surface area contributed by atoms with E-state index in [1.807, 2.05) is 13.0 Å². The minimum absolute atomic E-state index is 0.0279. The first-order valence-corrected chi connectivity index (χ1v) is 9.27. The van der Waals surface area contributed by atoms with E-state index >= 15 is 0 Å². The maximum Gasteiger partial charge on any atom is 0.264 e. The van der Waals surface area contributed by atoms with Gasteiger partial charge in [-0.2, -0.15) is 0 Å². The Labute approximate surface area is 152 Å². The van der Waals surface area contributed by atoms with Crippen LogP contribution in [0.3, 0.4) is 0 Å². The van der Waals surface area contributed by atoms with Crippen LogP contribution in [0.1, 0.15) is 28.9 Å². The van der Waals surface area contributed by atoms with E-state index in [1.165, 1.54) is 32.4 Å². The van der Waals surface area contributed by atoms with Gasteiger partial charge < -0.3 is 5.32 Å². The Hall–Kier alpha value is -1.93. The topological polar surface area (TPSA) is 75.7 Å². The lowest BCUT2D eigenvalue weighted by Crippen LogP contribution is -2.28. The summed E-state index contributed by atoms with van der Waals surface area (Å²) in [6.07, 6.45) is 0. The molecule has 2 aromatic carbocycles. The quantitative estimate of drug-likeness (QED) is 0.779. The van der Waals surface area contributed by atoms with Gasteiger partial charge in [-0.25, -0.2) is 8.42 Å². The minimum Gasteiger partial charge on any atom is -0.346 e. The summed E-state index contributed by atoms with van der Waals surface area (Å²) in [5.41, 5.74) is 1.09. The number of hydrogen-bond donors (Lipinski definition) is 1. The fraction of sp³-hybridized carbons (Fsp3) is 0.235. The second-order valence-corrected chi connectivity index (χ2v) is 7.75. The van der Waals surface area contributed by atoms with E-state index in [0.717, 1.165) is 10.0 Å². The fourth-order valence-corrected chi connectivity index (χ4v) is 3.40. The van der Waals surface area contributed by atoms with E-state index in [4.69, 9.17) is 16.4 Å². The highest BCUT2D eigenvalue weighted by Crippen LogP contribution is 2.19. The first-order valence-electron chi connectivity index (χ1n) is 7.45. The zero-order valence-corrected chi connectivity index (χ0v) is 15.6. The number of rotatable bonds is 6. The molecule has 1 amide bonds. The van der Waals surface area contributed by atoms with Crippen LogP contribution in [0.4, 0.5) is 0 Å². The van der Waals surface area contributed by atoms with Crippen LogP contribution in [0, 0.1) is 0 Å². The van der Waals surface area contributed by atoms with Gasteiger partial charge in [0, 0.05) is 17.6 Å². The van der Waals surface area contributed by atoms with Crippen molar-refractivity contribution in [3.8, 4) is 0 Å². The third-order valence-corrected chi connectivity index (χ3v) is 5.60. The molecule has 0 spiro atoms. The predicted octanol–water partition coefficient (Wildman–Crippen LogP) is 3.01. The summed E-state index contributed by atoms with van der Waals surface area (Å²) in [6, 6.07) is 12.7. The Bertz CT molecular complexity index is 870. The molecule has 0 heterocycles. The monoisotopic (exact) mass is 382 g/mol. The molecule has 0 bridgehead atoms. The molecule has 8 heteroatoms. The van der Waals surface area contributed by atoms with Gasteiger partial charge in [-0.3, -0.25) is 9.63 Å². The second-order valence-electron chi connectivity index (χ2n) is 5.38.